The summed E-state index contributed by atoms with van der Waals surface area (Å²) >= 11 is 0. The summed E-state index contributed by atoms with van der Waals surface area (Å²) in [5.74, 6) is -2.06. The molecule has 6 N–H and O–H groups in total. The number of carbonyl (C=O) groups excluding carboxylic acids is 5. The summed E-state index contributed by atoms with van der Waals surface area (Å²) in [6.07, 6.45) is 1.98. The molecule has 2 aliphatic rings. The van der Waals surface area contributed by atoms with Crippen molar-refractivity contribution >= 4 is 29.5 Å². The van der Waals surface area contributed by atoms with Crippen molar-refractivity contribution in [3.8, 4) is 5.75 Å². The monoisotopic (exact) mass is 661 g/mol. The number of amides is 5. The van der Waals surface area contributed by atoms with Gasteiger partial charge in [0.2, 0.25) is 29.5 Å². The van der Waals surface area contributed by atoms with Crippen molar-refractivity contribution < 1.29 is 28.7 Å². The second-order valence-corrected chi connectivity index (χ2v) is 11.6. The van der Waals surface area contributed by atoms with E-state index in [2.05, 4.69) is 42.2 Å². The SMILES string of the molecule is CNC(=O)C1Cc2ccc(cc2)OCCn2cc(nn2)CC(NC(=O)C(C)NC)C(=O)NC(C)C(=O)NC(Cc2ccccc2)C(=O)N1. The van der Waals surface area contributed by atoms with E-state index in [0.717, 1.165) is 11.1 Å². The standard InChI is InChI=1S/C33H43N9O6/c1-20(34-3)29(43)38-28-18-24-19-42(41-40-24)14-15-48-25-12-10-23(11-13-25)17-26(31(45)35-4)39-33(47)27(16-22-8-6-5-7-9-22)37-30(44)21(2)36-32(28)46/h5-13,19-21,26-28,34H,14-18H2,1-4H3,(H,35,45)(H,36,46)(H,37,44)(H,38,43)(H,39,47). The lowest BCUT2D eigenvalue weighted by molar-refractivity contribution is -0.134. The largest absolute Gasteiger partial charge is 0.492 e. The second kappa shape index (κ2) is 17.0. The third-order valence-corrected chi connectivity index (χ3v) is 7.96. The van der Waals surface area contributed by atoms with E-state index in [1.807, 2.05) is 42.5 Å². The van der Waals surface area contributed by atoms with Crippen LogP contribution in [-0.2, 0) is 49.8 Å². The minimum atomic E-state index is -1.09. The predicted octanol–water partition coefficient (Wildman–Crippen LogP) is -0.989. The van der Waals surface area contributed by atoms with Crippen LogP contribution in [0.25, 0.3) is 0 Å². The van der Waals surface area contributed by atoms with Crippen molar-refractivity contribution in [1.82, 2.24) is 46.9 Å². The minimum absolute atomic E-state index is 0.00455. The van der Waals surface area contributed by atoms with Crippen LogP contribution in [-0.4, -0.2) is 95.4 Å². The summed E-state index contributed by atoms with van der Waals surface area (Å²) in [5, 5.41) is 24.6. The Bertz CT molecular complexity index is 1560. The van der Waals surface area contributed by atoms with Gasteiger partial charge < -0.3 is 36.6 Å². The molecule has 256 valence electrons. The molecule has 15 heteroatoms. The molecule has 2 aliphatic heterocycles. The van der Waals surface area contributed by atoms with Crippen molar-refractivity contribution in [1.29, 1.82) is 0 Å². The number of benzene rings is 2. The van der Waals surface area contributed by atoms with E-state index in [-0.39, 0.29) is 25.9 Å². The fourth-order valence-electron chi connectivity index (χ4n) is 4.99. The first-order chi connectivity index (χ1) is 23.1. The number of likely N-dealkylation sites (N-methyl/N-ethyl adjacent to an activating group) is 2. The van der Waals surface area contributed by atoms with Crippen LogP contribution in [0, 0.1) is 0 Å². The van der Waals surface area contributed by atoms with Gasteiger partial charge in [-0.05, 0) is 44.2 Å². The zero-order valence-electron chi connectivity index (χ0n) is 27.5. The molecule has 4 bridgehead atoms. The molecule has 1 aromatic heterocycles. The summed E-state index contributed by atoms with van der Waals surface area (Å²) in [6.45, 7) is 3.76. The maximum atomic E-state index is 13.7. The smallest absolute Gasteiger partial charge is 0.243 e. The van der Waals surface area contributed by atoms with Crippen molar-refractivity contribution in [2.24, 2.45) is 0 Å². The molecule has 0 saturated carbocycles. The van der Waals surface area contributed by atoms with E-state index in [4.69, 9.17) is 4.74 Å². The summed E-state index contributed by atoms with van der Waals surface area (Å²) < 4.78 is 7.44. The molecule has 3 aromatic rings. The fraction of sp³-hybridized carbons (Fsp3) is 0.424. The highest BCUT2D eigenvalue weighted by atomic mass is 16.5. The van der Waals surface area contributed by atoms with E-state index >= 15 is 0 Å². The van der Waals surface area contributed by atoms with Crippen LogP contribution in [0.2, 0.25) is 0 Å². The predicted molar refractivity (Wildman–Crippen MR) is 175 cm³/mol. The molecule has 0 fully saturated rings. The Kier molecular flexibility index (Phi) is 12.6. The molecular weight excluding hydrogens is 618 g/mol. The Morgan fingerprint density at radius 1 is 0.958 bits per heavy atom. The van der Waals surface area contributed by atoms with Crippen molar-refractivity contribution in [3.05, 3.63) is 77.6 Å². The van der Waals surface area contributed by atoms with Crippen molar-refractivity contribution in [2.45, 2.75) is 69.9 Å². The van der Waals surface area contributed by atoms with Gasteiger partial charge >= 0.3 is 0 Å². The van der Waals surface area contributed by atoms with E-state index in [1.165, 1.54) is 14.0 Å². The number of nitrogens with zero attached hydrogens (tertiary/aromatic N) is 3. The number of fused-ring (bicyclic) bond motifs is 15. The lowest BCUT2D eigenvalue weighted by Crippen LogP contribution is -2.59. The Balaban J connectivity index is 1.64. The van der Waals surface area contributed by atoms with Gasteiger partial charge in [0.05, 0.1) is 18.3 Å². The molecule has 0 saturated heterocycles. The normalized spacial score (nSPS) is 21.6. The van der Waals surface area contributed by atoms with Crippen molar-refractivity contribution in [2.75, 3.05) is 20.7 Å². The molecule has 48 heavy (non-hydrogen) atoms. The van der Waals surface area contributed by atoms with Crippen LogP contribution >= 0.6 is 0 Å². The van der Waals surface area contributed by atoms with Gasteiger partial charge in [0.1, 0.15) is 36.5 Å². The second-order valence-electron chi connectivity index (χ2n) is 11.6. The molecular formula is C33H43N9O6. The van der Waals surface area contributed by atoms with Crippen LogP contribution in [0.3, 0.4) is 0 Å². The van der Waals surface area contributed by atoms with E-state index in [1.54, 1.807) is 37.0 Å². The third-order valence-electron chi connectivity index (χ3n) is 7.96. The molecule has 3 heterocycles. The molecule has 0 aliphatic carbocycles. The number of nitrogens with one attached hydrogen (secondary N) is 6. The number of rotatable bonds is 6. The first-order valence-electron chi connectivity index (χ1n) is 15.8. The van der Waals surface area contributed by atoms with Gasteiger partial charge in [-0.25, -0.2) is 4.68 Å². The van der Waals surface area contributed by atoms with Crippen LogP contribution in [0.1, 0.15) is 30.7 Å². The third kappa shape index (κ3) is 10.1. The van der Waals surface area contributed by atoms with Gasteiger partial charge in [0, 0.05) is 32.5 Å². The average Bonchev–Trinajstić information content (AvgIpc) is 3.54. The number of carbonyl (C=O) groups is 5. The van der Waals surface area contributed by atoms with E-state index < -0.39 is 59.7 Å². The molecule has 5 unspecified atom stereocenters. The molecule has 0 radical (unpaired) electrons. The first-order valence-corrected chi connectivity index (χ1v) is 15.8. The Morgan fingerprint density at radius 2 is 1.69 bits per heavy atom. The molecule has 5 rings (SSSR count). The summed E-state index contributed by atoms with van der Waals surface area (Å²) in [6, 6.07) is 11.5. The maximum Gasteiger partial charge on any atom is 0.243 e. The van der Waals surface area contributed by atoms with Gasteiger partial charge in [0.15, 0.2) is 0 Å². The molecule has 0 spiro atoms. The van der Waals surface area contributed by atoms with Gasteiger partial charge in [-0.2, -0.15) is 0 Å². The van der Waals surface area contributed by atoms with Gasteiger partial charge in [0.25, 0.3) is 0 Å². The van der Waals surface area contributed by atoms with Gasteiger partial charge in [-0.15, -0.1) is 5.10 Å². The number of hydrogen-bond donors (Lipinski definition) is 6. The Morgan fingerprint density at radius 3 is 2.38 bits per heavy atom. The van der Waals surface area contributed by atoms with E-state index in [0.29, 0.717) is 18.0 Å². The van der Waals surface area contributed by atoms with Crippen LogP contribution in [0.4, 0.5) is 0 Å². The van der Waals surface area contributed by atoms with Gasteiger partial charge in [-0.1, -0.05) is 47.7 Å². The topological polar surface area (TPSA) is 197 Å². The lowest BCUT2D eigenvalue weighted by atomic mass is 10.0. The molecule has 2 aromatic carbocycles. The van der Waals surface area contributed by atoms with Crippen molar-refractivity contribution in [3.63, 3.8) is 0 Å². The summed E-state index contributed by atoms with van der Waals surface area (Å²) in [7, 11) is 3.10. The first kappa shape index (κ1) is 35.5. The highest BCUT2D eigenvalue weighted by Crippen LogP contribution is 2.15. The quantitative estimate of drug-likeness (QED) is 0.180. The summed E-state index contributed by atoms with van der Waals surface area (Å²) in [5.41, 5.74) is 2.00. The molecule has 15 nitrogen and oxygen atoms in total. The summed E-state index contributed by atoms with van der Waals surface area (Å²) in [4.78, 5) is 66.3. The minimum Gasteiger partial charge on any atom is -0.492 e. The molecule has 5 atom stereocenters. The van der Waals surface area contributed by atoms with E-state index in [9.17, 15) is 24.0 Å². The van der Waals surface area contributed by atoms with Crippen LogP contribution in [0.5, 0.6) is 5.75 Å². The average molecular weight is 662 g/mol. The Labute approximate surface area is 278 Å². The van der Waals surface area contributed by atoms with Crippen LogP contribution < -0.4 is 36.6 Å². The van der Waals surface area contributed by atoms with Crippen LogP contribution in [0.15, 0.2) is 60.8 Å². The number of ether oxygens (including phenoxy) is 1. The molecule has 5 amide bonds. The zero-order chi connectivity index (χ0) is 34.6. The number of aromatic nitrogens is 3. The number of hydrogen-bond acceptors (Lipinski definition) is 9. The zero-order valence-corrected chi connectivity index (χ0v) is 27.5. The maximum absolute atomic E-state index is 13.7. The lowest BCUT2D eigenvalue weighted by Gasteiger charge is -2.25. The van der Waals surface area contributed by atoms with Gasteiger partial charge in [-0.3, -0.25) is 24.0 Å². The Hall–Kier alpha value is -5.31. The highest BCUT2D eigenvalue weighted by Gasteiger charge is 2.31. The highest BCUT2D eigenvalue weighted by molar-refractivity contribution is 5.96. The fourth-order valence-corrected chi connectivity index (χ4v) is 4.99.